The average molecular weight is 152 g/mol. The van der Waals surface area contributed by atoms with Crippen molar-refractivity contribution in [3.05, 3.63) is 0 Å². The Balaban J connectivity index is 2.16. The highest BCUT2D eigenvalue weighted by atomic mass is 15.2. The SMILES string of the molecule is CCC1CN(C(C)CC#N)C1. The molecule has 2 heteroatoms. The van der Waals surface area contributed by atoms with E-state index >= 15 is 0 Å². The summed E-state index contributed by atoms with van der Waals surface area (Å²) in [6, 6.07) is 2.68. The molecule has 0 amide bonds. The van der Waals surface area contributed by atoms with Crippen molar-refractivity contribution in [3.63, 3.8) is 0 Å². The molecule has 0 bridgehead atoms. The Morgan fingerprint density at radius 1 is 1.64 bits per heavy atom. The molecule has 1 fully saturated rings. The van der Waals surface area contributed by atoms with E-state index in [1.165, 1.54) is 19.5 Å². The summed E-state index contributed by atoms with van der Waals surface area (Å²) >= 11 is 0. The molecule has 0 saturated carbocycles. The topological polar surface area (TPSA) is 27.0 Å². The van der Waals surface area contributed by atoms with Crippen LogP contribution in [0.25, 0.3) is 0 Å². The first-order chi connectivity index (χ1) is 5.27. The fourth-order valence-electron chi connectivity index (χ4n) is 1.49. The lowest BCUT2D eigenvalue weighted by Gasteiger charge is -2.42. The zero-order valence-electron chi connectivity index (χ0n) is 7.38. The summed E-state index contributed by atoms with van der Waals surface area (Å²) in [4.78, 5) is 2.39. The quantitative estimate of drug-likeness (QED) is 0.614. The lowest BCUT2D eigenvalue weighted by Crippen LogP contribution is -2.50. The Kier molecular flexibility index (Phi) is 2.90. The van der Waals surface area contributed by atoms with Crippen molar-refractivity contribution < 1.29 is 0 Å². The van der Waals surface area contributed by atoms with Crippen LogP contribution in [0.5, 0.6) is 0 Å². The summed E-state index contributed by atoms with van der Waals surface area (Å²) in [5.41, 5.74) is 0. The van der Waals surface area contributed by atoms with E-state index in [0.717, 1.165) is 5.92 Å². The molecular formula is C9H16N2. The second kappa shape index (κ2) is 3.73. The van der Waals surface area contributed by atoms with Crippen molar-refractivity contribution in [2.24, 2.45) is 5.92 Å². The molecule has 0 radical (unpaired) electrons. The van der Waals surface area contributed by atoms with Gasteiger partial charge in [0.2, 0.25) is 0 Å². The molecule has 0 aromatic carbocycles. The van der Waals surface area contributed by atoms with Gasteiger partial charge in [-0.1, -0.05) is 13.3 Å². The fraction of sp³-hybridized carbons (Fsp3) is 0.889. The van der Waals surface area contributed by atoms with Gasteiger partial charge in [0.05, 0.1) is 12.5 Å². The van der Waals surface area contributed by atoms with Crippen LogP contribution in [0.1, 0.15) is 26.7 Å². The predicted octanol–water partition coefficient (Wildman–Crippen LogP) is 1.63. The molecule has 0 aromatic rings. The van der Waals surface area contributed by atoms with E-state index in [0.29, 0.717) is 12.5 Å². The molecule has 11 heavy (non-hydrogen) atoms. The van der Waals surface area contributed by atoms with Gasteiger partial charge in [-0.15, -0.1) is 0 Å². The number of nitrogens with zero attached hydrogens (tertiary/aromatic N) is 2. The van der Waals surface area contributed by atoms with Crippen LogP contribution >= 0.6 is 0 Å². The van der Waals surface area contributed by atoms with Crippen LogP contribution in [-0.2, 0) is 0 Å². The maximum Gasteiger partial charge on any atom is 0.0638 e. The Bertz CT molecular complexity index is 153. The minimum Gasteiger partial charge on any atom is -0.299 e. The number of hydrogen-bond donors (Lipinski definition) is 0. The first-order valence-corrected chi connectivity index (χ1v) is 4.39. The monoisotopic (exact) mass is 152 g/mol. The molecule has 0 N–H and O–H groups in total. The van der Waals surface area contributed by atoms with Gasteiger partial charge in [-0.3, -0.25) is 4.90 Å². The van der Waals surface area contributed by atoms with Gasteiger partial charge in [0.15, 0.2) is 0 Å². The molecule has 2 nitrogen and oxygen atoms in total. The molecule has 1 aliphatic heterocycles. The molecule has 0 spiro atoms. The summed E-state index contributed by atoms with van der Waals surface area (Å²) in [7, 11) is 0. The highest BCUT2D eigenvalue weighted by molar-refractivity contribution is 4.87. The molecule has 1 rings (SSSR count). The van der Waals surface area contributed by atoms with Crippen molar-refractivity contribution in [2.75, 3.05) is 13.1 Å². The van der Waals surface area contributed by atoms with Gasteiger partial charge in [-0.2, -0.15) is 5.26 Å². The summed E-state index contributed by atoms with van der Waals surface area (Å²) in [5.74, 6) is 0.899. The average Bonchev–Trinajstić information content (AvgIpc) is 1.86. The fourth-order valence-corrected chi connectivity index (χ4v) is 1.49. The molecule has 1 saturated heterocycles. The number of likely N-dealkylation sites (tertiary alicyclic amines) is 1. The predicted molar refractivity (Wildman–Crippen MR) is 45.0 cm³/mol. The van der Waals surface area contributed by atoms with E-state index in [1.54, 1.807) is 0 Å². The van der Waals surface area contributed by atoms with Crippen molar-refractivity contribution >= 4 is 0 Å². The minimum atomic E-state index is 0.475. The first kappa shape index (κ1) is 8.55. The van der Waals surface area contributed by atoms with E-state index in [9.17, 15) is 0 Å². The Labute approximate surface area is 68.8 Å². The van der Waals surface area contributed by atoms with E-state index in [2.05, 4.69) is 24.8 Å². The third-order valence-corrected chi connectivity index (χ3v) is 2.57. The number of nitriles is 1. The van der Waals surface area contributed by atoms with E-state index in [1.807, 2.05) is 0 Å². The van der Waals surface area contributed by atoms with Crippen molar-refractivity contribution in [1.82, 2.24) is 4.90 Å². The summed E-state index contributed by atoms with van der Waals surface area (Å²) < 4.78 is 0. The molecule has 1 heterocycles. The standard InChI is InChI=1S/C9H16N2/c1-3-9-6-11(7-9)8(2)4-5-10/h8-9H,3-4,6-7H2,1-2H3. The van der Waals surface area contributed by atoms with Gasteiger partial charge in [0.1, 0.15) is 0 Å². The second-order valence-electron chi connectivity index (χ2n) is 3.44. The van der Waals surface area contributed by atoms with Crippen LogP contribution in [0.2, 0.25) is 0 Å². The van der Waals surface area contributed by atoms with Gasteiger partial charge >= 0.3 is 0 Å². The zero-order chi connectivity index (χ0) is 8.27. The van der Waals surface area contributed by atoms with Crippen molar-refractivity contribution in [1.29, 1.82) is 5.26 Å². The van der Waals surface area contributed by atoms with Crippen LogP contribution < -0.4 is 0 Å². The summed E-state index contributed by atoms with van der Waals surface area (Å²) in [6.07, 6.45) is 1.96. The smallest absolute Gasteiger partial charge is 0.0638 e. The van der Waals surface area contributed by atoms with Crippen LogP contribution in [0.4, 0.5) is 0 Å². The highest BCUT2D eigenvalue weighted by Gasteiger charge is 2.28. The number of rotatable bonds is 3. The van der Waals surface area contributed by atoms with Crippen molar-refractivity contribution in [3.8, 4) is 6.07 Å². The van der Waals surface area contributed by atoms with Crippen LogP contribution in [0, 0.1) is 17.2 Å². The molecular weight excluding hydrogens is 136 g/mol. The second-order valence-corrected chi connectivity index (χ2v) is 3.44. The lowest BCUT2D eigenvalue weighted by atomic mass is 9.95. The van der Waals surface area contributed by atoms with E-state index < -0.39 is 0 Å². The van der Waals surface area contributed by atoms with Gasteiger partial charge in [0, 0.05) is 19.1 Å². The third-order valence-electron chi connectivity index (χ3n) is 2.57. The molecule has 1 aliphatic rings. The van der Waals surface area contributed by atoms with E-state index in [4.69, 9.17) is 5.26 Å². The van der Waals surface area contributed by atoms with E-state index in [-0.39, 0.29) is 0 Å². The summed E-state index contributed by atoms with van der Waals surface area (Å²) in [6.45, 7) is 6.78. The highest BCUT2D eigenvalue weighted by Crippen LogP contribution is 2.21. The Morgan fingerprint density at radius 3 is 2.73 bits per heavy atom. The van der Waals surface area contributed by atoms with Crippen molar-refractivity contribution in [2.45, 2.75) is 32.7 Å². The van der Waals surface area contributed by atoms with Crippen LogP contribution in [0.3, 0.4) is 0 Å². The lowest BCUT2D eigenvalue weighted by molar-refractivity contribution is 0.0600. The maximum atomic E-state index is 8.45. The first-order valence-electron chi connectivity index (χ1n) is 4.39. The van der Waals surface area contributed by atoms with Crippen LogP contribution in [0.15, 0.2) is 0 Å². The zero-order valence-corrected chi connectivity index (χ0v) is 7.38. The van der Waals surface area contributed by atoms with Gasteiger partial charge in [-0.05, 0) is 12.8 Å². The third kappa shape index (κ3) is 1.94. The van der Waals surface area contributed by atoms with Gasteiger partial charge in [-0.25, -0.2) is 0 Å². The van der Waals surface area contributed by atoms with Crippen LogP contribution in [-0.4, -0.2) is 24.0 Å². The largest absolute Gasteiger partial charge is 0.299 e. The molecule has 1 unspecified atom stereocenters. The maximum absolute atomic E-state index is 8.45. The van der Waals surface area contributed by atoms with Gasteiger partial charge < -0.3 is 0 Å². The minimum absolute atomic E-state index is 0.475. The summed E-state index contributed by atoms with van der Waals surface area (Å²) in [5, 5.41) is 8.45. The Hall–Kier alpha value is -0.550. The molecule has 1 atom stereocenters. The number of hydrogen-bond acceptors (Lipinski definition) is 2. The normalized spacial score (nSPS) is 22.3. The molecule has 62 valence electrons. The Morgan fingerprint density at radius 2 is 2.27 bits per heavy atom. The molecule has 0 aromatic heterocycles. The van der Waals surface area contributed by atoms with Gasteiger partial charge in [0.25, 0.3) is 0 Å². The molecule has 0 aliphatic carbocycles.